The first-order chi connectivity index (χ1) is 10.0. The minimum atomic E-state index is -0.804. The predicted octanol–water partition coefficient (Wildman–Crippen LogP) is 3.54. The largest absolute Gasteiger partial charge is 0.481 e. The van der Waals surface area contributed by atoms with Crippen LogP contribution >= 0.6 is 11.8 Å². The van der Waals surface area contributed by atoms with Crippen LogP contribution in [0.2, 0.25) is 0 Å². The van der Waals surface area contributed by atoms with Gasteiger partial charge in [0.05, 0.1) is 17.1 Å². The summed E-state index contributed by atoms with van der Waals surface area (Å²) >= 11 is 1.33. The second-order valence-corrected chi connectivity index (χ2v) is 6.62. The van der Waals surface area contributed by atoms with Crippen molar-refractivity contribution in [3.8, 4) is 5.69 Å². The van der Waals surface area contributed by atoms with E-state index < -0.39 is 5.97 Å². The van der Waals surface area contributed by atoms with Crippen LogP contribution in [0, 0.1) is 13.8 Å². The Morgan fingerprint density at radius 2 is 1.95 bits per heavy atom. The maximum atomic E-state index is 10.8. The van der Waals surface area contributed by atoms with Crippen LogP contribution in [-0.4, -0.2) is 26.6 Å². The maximum Gasteiger partial charge on any atom is 0.313 e. The van der Waals surface area contributed by atoms with Crippen molar-refractivity contribution < 1.29 is 9.90 Å². The molecule has 4 nitrogen and oxygen atoms in total. The second-order valence-electron chi connectivity index (χ2n) is 5.62. The Hall–Kier alpha value is -1.75. The van der Waals surface area contributed by atoms with Crippen LogP contribution < -0.4 is 0 Å². The first-order valence-electron chi connectivity index (χ1n) is 7.06. The average Bonchev–Trinajstić information content (AvgIpc) is 3.15. The van der Waals surface area contributed by atoms with Crippen LogP contribution in [-0.2, 0) is 4.79 Å². The standard InChI is InChI=1S/C16H18N2O2S/c1-10-5-11(2)7-13(6-10)18-15(21-9-16(19)20)8-14(17-18)12-3-4-12/h5-8,12H,3-4,9H2,1-2H3,(H,19,20). The Kier molecular flexibility index (Phi) is 3.76. The molecule has 0 atom stereocenters. The van der Waals surface area contributed by atoms with E-state index in [0.29, 0.717) is 5.92 Å². The molecule has 5 heteroatoms. The highest BCUT2D eigenvalue weighted by Gasteiger charge is 2.27. The molecule has 1 saturated carbocycles. The molecule has 0 bridgehead atoms. The number of aryl methyl sites for hydroxylation is 2. The zero-order chi connectivity index (χ0) is 15.0. The van der Waals surface area contributed by atoms with Crippen molar-refractivity contribution in [3.63, 3.8) is 0 Å². The third-order valence-corrected chi connectivity index (χ3v) is 4.46. The van der Waals surface area contributed by atoms with Crippen molar-refractivity contribution in [2.24, 2.45) is 0 Å². The molecule has 1 aliphatic carbocycles. The Balaban J connectivity index is 1.99. The van der Waals surface area contributed by atoms with Crippen LogP contribution in [0.4, 0.5) is 0 Å². The SMILES string of the molecule is Cc1cc(C)cc(-n2nc(C3CC3)cc2SCC(=O)O)c1. The zero-order valence-corrected chi connectivity index (χ0v) is 13.0. The van der Waals surface area contributed by atoms with Crippen LogP contribution in [0.1, 0.15) is 35.6 Å². The van der Waals surface area contributed by atoms with Gasteiger partial charge in [-0.15, -0.1) is 0 Å². The van der Waals surface area contributed by atoms with Gasteiger partial charge >= 0.3 is 5.97 Å². The lowest BCUT2D eigenvalue weighted by Crippen LogP contribution is -2.03. The fraction of sp³-hybridized carbons (Fsp3) is 0.375. The molecule has 110 valence electrons. The molecule has 21 heavy (non-hydrogen) atoms. The Labute approximate surface area is 128 Å². The first kappa shape index (κ1) is 14.2. The summed E-state index contributed by atoms with van der Waals surface area (Å²) < 4.78 is 1.89. The second kappa shape index (κ2) is 5.56. The summed E-state index contributed by atoms with van der Waals surface area (Å²) in [6, 6.07) is 8.34. The molecule has 3 rings (SSSR count). The fourth-order valence-electron chi connectivity index (χ4n) is 2.46. The van der Waals surface area contributed by atoms with Gasteiger partial charge in [-0.1, -0.05) is 17.8 Å². The molecule has 2 aromatic rings. The van der Waals surface area contributed by atoms with E-state index in [9.17, 15) is 4.79 Å². The van der Waals surface area contributed by atoms with Crippen molar-refractivity contribution in [1.82, 2.24) is 9.78 Å². The van der Waals surface area contributed by atoms with Gasteiger partial charge < -0.3 is 5.11 Å². The van der Waals surface area contributed by atoms with E-state index in [4.69, 9.17) is 10.2 Å². The average molecular weight is 302 g/mol. The van der Waals surface area contributed by atoms with Crippen LogP contribution in [0.25, 0.3) is 5.69 Å². The van der Waals surface area contributed by atoms with Gasteiger partial charge in [-0.2, -0.15) is 5.10 Å². The van der Waals surface area contributed by atoms with Crippen molar-refractivity contribution in [1.29, 1.82) is 0 Å². The Bertz CT molecular complexity index is 669. The number of aliphatic carboxylic acids is 1. The highest BCUT2D eigenvalue weighted by Crippen LogP contribution is 2.41. The summed E-state index contributed by atoms with van der Waals surface area (Å²) in [5.41, 5.74) is 4.46. The van der Waals surface area contributed by atoms with Gasteiger partial charge in [0.2, 0.25) is 0 Å². The number of benzene rings is 1. The highest BCUT2D eigenvalue weighted by atomic mass is 32.2. The molecule has 0 saturated heterocycles. The van der Waals surface area contributed by atoms with E-state index in [1.54, 1.807) is 0 Å². The molecule has 1 fully saturated rings. The van der Waals surface area contributed by atoms with Crippen molar-refractivity contribution in [2.75, 3.05) is 5.75 Å². The molecule has 1 N–H and O–H groups in total. The van der Waals surface area contributed by atoms with Crippen molar-refractivity contribution in [3.05, 3.63) is 41.1 Å². The van der Waals surface area contributed by atoms with E-state index in [0.717, 1.165) is 16.4 Å². The molecule has 1 aromatic carbocycles. The number of hydrogen-bond acceptors (Lipinski definition) is 3. The lowest BCUT2D eigenvalue weighted by Gasteiger charge is -2.08. The Morgan fingerprint density at radius 3 is 2.52 bits per heavy atom. The maximum absolute atomic E-state index is 10.8. The number of hydrogen-bond donors (Lipinski definition) is 1. The smallest absolute Gasteiger partial charge is 0.313 e. The van der Waals surface area contributed by atoms with Gasteiger partial charge in [0.15, 0.2) is 0 Å². The van der Waals surface area contributed by atoms with Crippen molar-refractivity contribution >= 4 is 17.7 Å². The predicted molar refractivity (Wildman–Crippen MR) is 83.4 cm³/mol. The Morgan fingerprint density at radius 1 is 1.29 bits per heavy atom. The van der Waals surface area contributed by atoms with E-state index in [1.807, 2.05) is 10.7 Å². The first-order valence-corrected chi connectivity index (χ1v) is 8.05. The van der Waals surface area contributed by atoms with E-state index in [2.05, 4.69) is 32.0 Å². The molecule has 0 aliphatic heterocycles. The third-order valence-electron chi connectivity index (χ3n) is 3.49. The summed E-state index contributed by atoms with van der Waals surface area (Å²) in [6.07, 6.45) is 2.37. The lowest BCUT2D eigenvalue weighted by atomic mass is 10.1. The number of aromatic nitrogens is 2. The molecule has 0 unspecified atom stereocenters. The molecular weight excluding hydrogens is 284 g/mol. The van der Waals surface area contributed by atoms with Gasteiger partial charge in [-0.25, -0.2) is 4.68 Å². The molecule has 0 spiro atoms. The van der Waals surface area contributed by atoms with E-state index in [1.165, 1.54) is 35.7 Å². The summed E-state index contributed by atoms with van der Waals surface area (Å²) in [4.78, 5) is 10.8. The highest BCUT2D eigenvalue weighted by molar-refractivity contribution is 7.99. The van der Waals surface area contributed by atoms with E-state index in [-0.39, 0.29) is 5.75 Å². The van der Waals surface area contributed by atoms with Gasteiger partial charge in [-0.3, -0.25) is 4.79 Å². The van der Waals surface area contributed by atoms with Gasteiger partial charge in [0.1, 0.15) is 5.03 Å². The third kappa shape index (κ3) is 3.29. The summed E-state index contributed by atoms with van der Waals surface area (Å²) in [5, 5.41) is 14.5. The lowest BCUT2D eigenvalue weighted by molar-refractivity contribution is -0.133. The normalized spacial score (nSPS) is 14.4. The minimum Gasteiger partial charge on any atom is -0.481 e. The number of carbonyl (C=O) groups is 1. The molecule has 0 radical (unpaired) electrons. The zero-order valence-electron chi connectivity index (χ0n) is 12.2. The van der Waals surface area contributed by atoms with E-state index >= 15 is 0 Å². The van der Waals surface area contributed by atoms with Crippen LogP contribution in [0.15, 0.2) is 29.3 Å². The molecule has 1 aliphatic rings. The van der Waals surface area contributed by atoms with Crippen molar-refractivity contribution in [2.45, 2.75) is 37.6 Å². The summed E-state index contributed by atoms with van der Waals surface area (Å²) in [7, 11) is 0. The topological polar surface area (TPSA) is 55.1 Å². The van der Waals surface area contributed by atoms with Gasteiger partial charge in [-0.05, 0) is 56.0 Å². The number of thioether (sulfide) groups is 1. The number of carboxylic acids is 1. The van der Waals surface area contributed by atoms with Crippen LogP contribution in [0.3, 0.4) is 0 Å². The minimum absolute atomic E-state index is 0.0561. The molecule has 1 heterocycles. The molecule has 0 amide bonds. The van der Waals surface area contributed by atoms with Crippen LogP contribution in [0.5, 0.6) is 0 Å². The summed E-state index contributed by atoms with van der Waals surface area (Å²) in [6.45, 7) is 4.12. The molecular formula is C16H18N2O2S. The van der Waals surface area contributed by atoms with Gasteiger partial charge in [0, 0.05) is 5.92 Å². The van der Waals surface area contributed by atoms with Gasteiger partial charge in [0.25, 0.3) is 0 Å². The quantitative estimate of drug-likeness (QED) is 0.858. The summed E-state index contributed by atoms with van der Waals surface area (Å²) in [5.74, 6) is -0.192. The number of carboxylic acid groups (broad SMARTS) is 1. The number of nitrogens with zero attached hydrogens (tertiary/aromatic N) is 2. The fourth-order valence-corrected chi connectivity index (χ4v) is 3.20. The molecule has 1 aromatic heterocycles. The number of rotatable bonds is 5. The monoisotopic (exact) mass is 302 g/mol.